The van der Waals surface area contributed by atoms with Crippen LogP contribution in [0, 0.1) is 12.8 Å². The van der Waals surface area contributed by atoms with Crippen molar-refractivity contribution >= 4 is 23.5 Å². The molecule has 0 bridgehead atoms. The summed E-state index contributed by atoms with van der Waals surface area (Å²) < 4.78 is 0. The van der Waals surface area contributed by atoms with Crippen LogP contribution in [0.5, 0.6) is 0 Å². The fourth-order valence-corrected chi connectivity index (χ4v) is 5.65. The molecule has 2 heterocycles. The summed E-state index contributed by atoms with van der Waals surface area (Å²) in [6.07, 6.45) is 3.17. The molecule has 2 N–H and O–H groups in total. The van der Waals surface area contributed by atoms with Crippen molar-refractivity contribution in [2.45, 2.75) is 51.6 Å². The van der Waals surface area contributed by atoms with Gasteiger partial charge in [-0.25, -0.2) is 4.79 Å². The zero-order chi connectivity index (χ0) is 24.9. The lowest BCUT2D eigenvalue weighted by molar-refractivity contribution is -0.138. The van der Waals surface area contributed by atoms with Gasteiger partial charge in [-0.15, -0.1) is 0 Å². The number of amides is 3. The maximum atomic E-state index is 13.3. The van der Waals surface area contributed by atoms with Gasteiger partial charge in [-0.2, -0.15) is 0 Å². The van der Waals surface area contributed by atoms with Gasteiger partial charge in [-0.3, -0.25) is 9.69 Å². The minimum absolute atomic E-state index is 0.122. The predicted molar refractivity (Wildman–Crippen MR) is 140 cm³/mol. The molecule has 7 heteroatoms. The summed E-state index contributed by atoms with van der Waals surface area (Å²) in [5, 5.41) is 0.736. The highest BCUT2D eigenvalue weighted by Crippen LogP contribution is 2.33. The van der Waals surface area contributed by atoms with Crippen LogP contribution in [0.3, 0.4) is 0 Å². The highest BCUT2D eigenvalue weighted by atomic mass is 35.5. The highest BCUT2D eigenvalue weighted by Gasteiger charge is 2.35. The van der Waals surface area contributed by atoms with E-state index in [-0.39, 0.29) is 24.0 Å². The molecular formula is C28H37ClN4O2. The van der Waals surface area contributed by atoms with Crippen molar-refractivity contribution in [1.29, 1.82) is 0 Å². The van der Waals surface area contributed by atoms with Crippen LogP contribution in [0.1, 0.15) is 55.3 Å². The number of nitrogens with two attached hydrogens (primary N) is 1. The molecule has 0 spiro atoms. The van der Waals surface area contributed by atoms with E-state index in [1.807, 2.05) is 12.1 Å². The molecule has 35 heavy (non-hydrogen) atoms. The summed E-state index contributed by atoms with van der Waals surface area (Å²) in [7, 11) is 0. The Morgan fingerprint density at radius 3 is 2.14 bits per heavy atom. The smallest absolute Gasteiger partial charge is 0.314 e. The maximum Gasteiger partial charge on any atom is 0.314 e. The number of carbonyl (C=O) groups excluding carboxylic acids is 2. The maximum absolute atomic E-state index is 13.3. The van der Waals surface area contributed by atoms with Gasteiger partial charge in [0.05, 0.1) is 6.04 Å². The number of nitrogens with zero attached hydrogens (tertiary/aromatic N) is 3. The molecule has 2 aliphatic rings. The number of urea groups is 1. The number of hydrogen-bond donors (Lipinski definition) is 1. The van der Waals surface area contributed by atoms with E-state index in [1.54, 1.807) is 4.90 Å². The Balaban J connectivity index is 1.46. The van der Waals surface area contributed by atoms with Crippen LogP contribution in [0.25, 0.3) is 0 Å². The molecule has 188 valence electrons. The molecule has 2 saturated heterocycles. The van der Waals surface area contributed by atoms with E-state index in [0.717, 1.165) is 43.9 Å². The number of hydrogen-bond acceptors (Lipinski definition) is 3. The van der Waals surface area contributed by atoms with Crippen molar-refractivity contribution in [2.24, 2.45) is 11.7 Å². The van der Waals surface area contributed by atoms with Crippen LogP contribution in [-0.2, 0) is 4.79 Å². The molecular weight excluding hydrogens is 460 g/mol. The Morgan fingerprint density at radius 2 is 1.57 bits per heavy atom. The molecule has 2 aliphatic heterocycles. The van der Waals surface area contributed by atoms with E-state index < -0.39 is 0 Å². The molecule has 2 aromatic carbocycles. The molecule has 0 radical (unpaired) electrons. The number of piperazine rings is 1. The first kappa shape index (κ1) is 25.5. The second-order valence-corrected chi connectivity index (χ2v) is 10.4. The van der Waals surface area contributed by atoms with Crippen molar-refractivity contribution < 1.29 is 9.59 Å². The third kappa shape index (κ3) is 6.17. The van der Waals surface area contributed by atoms with Gasteiger partial charge < -0.3 is 15.5 Å². The Hall–Kier alpha value is -2.57. The number of primary amides is 1. The standard InChI is InChI=1S/C28H37ClN4O2/c1-3-25-19-32(16-17-33(25)26(34)18-21-12-14-31(15-13-21)28(30)35)27(22-6-4-20(2)5-7-22)23-8-10-24(29)11-9-23/h4-11,21,25,27H,3,12-19H2,1-2H3,(H2,30,35)/t25-,27?/m0/s1. The number of rotatable bonds is 6. The molecule has 2 aromatic rings. The van der Waals surface area contributed by atoms with Gasteiger partial charge in [0.15, 0.2) is 0 Å². The number of carbonyl (C=O) groups is 2. The monoisotopic (exact) mass is 496 g/mol. The van der Waals surface area contributed by atoms with Crippen LogP contribution in [0.15, 0.2) is 48.5 Å². The number of piperidine rings is 1. The molecule has 0 saturated carbocycles. The van der Waals surface area contributed by atoms with Crippen molar-refractivity contribution in [3.05, 3.63) is 70.2 Å². The minimum atomic E-state index is -0.360. The fraction of sp³-hybridized carbons (Fsp3) is 0.500. The van der Waals surface area contributed by atoms with Gasteiger partial charge in [0, 0.05) is 50.2 Å². The largest absolute Gasteiger partial charge is 0.351 e. The second-order valence-electron chi connectivity index (χ2n) is 9.98. The van der Waals surface area contributed by atoms with Crippen molar-refractivity contribution in [3.63, 3.8) is 0 Å². The molecule has 3 amide bonds. The van der Waals surface area contributed by atoms with E-state index in [2.05, 4.69) is 60.0 Å². The van der Waals surface area contributed by atoms with Gasteiger partial charge in [-0.05, 0) is 55.4 Å². The van der Waals surface area contributed by atoms with Crippen molar-refractivity contribution in [3.8, 4) is 0 Å². The number of aryl methyl sites for hydroxylation is 1. The van der Waals surface area contributed by atoms with Crippen LogP contribution in [0.4, 0.5) is 4.79 Å². The van der Waals surface area contributed by atoms with E-state index >= 15 is 0 Å². The normalized spacial score (nSPS) is 20.6. The van der Waals surface area contributed by atoms with Gasteiger partial charge in [0.25, 0.3) is 0 Å². The first-order chi connectivity index (χ1) is 16.9. The van der Waals surface area contributed by atoms with Crippen LogP contribution < -0.4 is 5.73 Å². The summed E-state index contributed by atoms with van der Waals surface area (Å²) in [5.41, 5.74) is 9.12. The number of halogens is 1. The number of likely N-dealkylation sites (tertiary alicyclic amines) is 1. The first-order valence-corrected chi connectivity index (χ1v) is 13.1. The minimum Gasteiger partial charge on any atom is -0.351 e. The second kappa shape index (κ2) is 11.4. The van der Waals surface area contributed by atoms with E-state index in [0.29, 0.717) is 25.4 Å². The lowest BCUT2D eigenvalue weighted by Crippen LogP contribution is -2.56. The third-order valence-electron chi connectivity index (χ3n) is 7.64. The van der Waals surface area contributed by atoms with E-state index in [1.165, 1.54) is 16.7 Å². The molecule has 1 unspecified atom stereocenters. The third-order valence-corrected chi connectivity index (χ3v) is 7.89. The lowest BCUT2D eigenvalue weighted by atomic mass is 9.92. The summed E-state index contributed by atoms with van der Waals surface area (Å²) >= 11 is 6.19. The molecule has 0 aliphatic carbocycles. The summed E-state index contributed by atoms with van der Waals surface area (Å²) in [4.78, 5) is 31.0. The van der Waals surface area contributed by atoms with Crippen molar-refractivity contribution in [2.75, 3.05) is 32.7 Å². The lowest BCUT2D eigenvalue weighted by Gasteiger charge is -2.45. The van der Waals surface area contributed by atoms with Crippen molar-refractivity contribution in [1.82, 2.24) is 14.7 Å². The topological polar surface area (TPSA) is 69.9 Å². The Morgan fingerprint density at radius 1 is 0.971 bits per heavy atom. The summed E-state index contributed by atoms with van der Waals surface area (Å²) in [6, 6.07) is 16.8. The van der Waals surface area contributed by atoms with Gasteiger partial charge in [0.1, 0.15) is 0 Å². The van der Waals surface area contributed by atoms with Crippen LogP contribution >= 0.6 is 11.6 Å². The quantitative estimate of drug-likeness (QED) is 0.622. The van der Waals surface area contributed by atoms with Gasteiger partial charge >= 0.3 is 6.03 Å². The van der Waals surface area contributed by atoms with Crippen LogP contribution in [-0.4, -0.2) is 65.4 Å². The highest BCUT2D eigenvalue weighted by molar-refractivity contribution is 6.30. The van der Waals surface area contributed by atoms with E-state index in [4.69, 9.17) is 17.3 Å². The average molecular weight is 497 g/mol. The zero-order valence-electron chi connectivity index (χ0n) is 20.8. The van der Waals surface area contributed by atoms with E-state index in [9.17, 15) is 9.59 Å². The number of benzene rings is 2. The Bertz CT molecular complexity index is 957. The molecule has 2 atom stereocenters. The van der Waals surface area contributed by atoms with Crippen LogP contribution in [0.2, 0.25) is 5.02 Å². The summed E-state index contributed by atoms with van der Waals surface area (Å²) in [5.74, 6) is 0.565. The Kier molecular flexibility index (Phi) is 8.34. The van der Waals surface area contributed by atoms with Gasteiger partial charge in [-0.1, -0.05) is 60.5 Å². The molecule has 6 nitrogen and oxygen atoms in total. The summed E-state index contributed by atoms with van der Waals surface area (Å²) in [6.45, 7) is 7.97. The average Bonchev–Trinajstić information content (AvgIpc) is 2.86. The molecule has 0 aromatic heterocycles. The first-order valence-electron chi connectivity index (χ1n) is 12.8. The zero-order valence-corrected chi connectivity index (χ0v) is 21.6. The SMILES string of the molecule is CC[C@H]1CN(C(c2ccc(C)cc2)c2ccc(Cl)cc2)CCN1C(=O)CC1CCN(C(N)=O)CC1. The fourth-order valence-electron chi connectivity index (χ4n) is 5.52. The van der Waals surface area contributed by atoms with Gasteiger partial charge in [0.2, 0.25) is 5.91 Å². The molecule has 4 rings (SSSR count). The predicted octanol–water partition coefficient (Wildman–Crippen LogP) is 4.84. The molecule has 2 fully saturated rings. The Labute approximate surface area is 214 Å².